The van der Waals surface area contributed by atoms with Crippen molar-refractivity contribution in [2.45, 2.75) is 59.3 Å². The van der Waals surface area contributed by atoms with Gasteiger partial charge in [0, 0.05) is 37.6 Å². The van der Waals surface area contributed by atoms with Crippen LogP contribution >= 0.6 is 0 Å². The zero-order valence-electron chi connectivity index (χ0n) is 13.3. The number of carboxylic acids is 2. The van der Waals surface area contributed by atoms with Gasteiger partial charge in [-0.05, 0) is 12.8 Å². The molecular weight excluding hydrogens is 371 g/mol. The first-order valence-corrected chi connectivity index (χ1v) is 7.96. The van der Waals surface area contributed by atoms with E-state index in [1.54, 1.807) is 0 Å². The fraction of sp³-hybridized carbons (Fsp3) is 0.714. The number of hydrogen-bond donors (Lipinski definition) is 0. The van der Waals surface area contributed by atoms with E-state index in [-0.39, 0.29) is 11.6 Å². The molecule has 0 bridgehead atoms. The second-order valence-corrected chi connectivity index (χ2v) is 4.82. The Hall–Kier alpha value is -0.877. The normalized spacial score (nSPS) is 8.77. The van der Waals surface area contributed by atoms with Crippen LogP contribution in [-0.4, -0.2) is 30.1 Å². The maximum absolute atomic E-state index is 10.4. The first-order valence-electron chi connectivity index (χ1n) is 6.96. The predicted octanol–water partition coefficient (Wildman–Crippen LogP) is -0.524. The minimum absolute atomic E-state index is 0.252. The van der Waals surface area contributed by atoms with E-state index in [9.17, 15) is 29.4 Å². The van der Waals surface area contributed by atoms with Crippen LogP contribution < -0.4 is 10.2 Å². The van der Waals surface area contributed by atoms with Crippen molar-refractivity contribution < 1.29 is 57.4 Å². The summed E-state index contributed by atoms with van der Waals surface area (Å²) in [4.78, 5) is 40.4. The van der Waals surface area contributed by atoms with Gasteiger partial charge < -0.3 is 19.8 Å². The Kier molecular flexibility index (Phi) is 23.8. The minimum atomic E-state index is -1.28. The molecule has 0 heterocycles. The Bertz CT molecular complexity index is 297. The number of carbonyl (C=O) groups excluding carboxylic acids is 4. The number of hydrogen-bond acceptors (Lipinski definition) is 7. The topological polar surface area (TPSA) is 124 Å². The second-order valence-electron chi connectivity index (χ2n) is 4.11. The van der Waals surface area contributed by atoms with Crippen molar-refractivity contribution in [3.63, 3.8) is 0 Å². The third kappa shape index (κ3) is 31.5. The van der Waals surface area contributed by atoms with Crippen LogP contribution in [0.3, 0.4) is 0 Å². The van der Waals surface area contributed by atoms with E-state index in [1.165, 1.54) is 25.2 Å². The third-order valence-electron chi connectivity index (χ3n) is 1.89. The molecule has 0 aliphatic rings. The van der Waals surface area contributed by atoms with Gasteiger partial charge in [-0.15, -0.1) is 0 Å². The Morgan fingerprint density at radius 3 is 1.23 bits per heavy atom. The van der Waals surface area contributed by atoms with Crippen LogP contribution in [-0.2, 0) is 47.2 Å². The molecule has 0 aliphatic carbocycles. The van der Waals surface area contributed by atoms with Gasteiger partial charge in [-0.3, -0.25) is 9.59 Å². The standard InChI is InChI=1S/2C6H10O3.C2H5O.Zr/c2*1-2-3-5(7)4-6(8)9;1-2-3;/h2*2-4H2,1H3,(H,8,9);2H2,1H3;/q;;-1;+3/p-2. The molecule has 0 aromatic rings. The Morgan fingerprint density at radius 1 is 0.818 bits per heavy atom. The van der Waals surface area contributed by atoms with Crippen LogP contribution in [0.5, 0.6) is 0 Å². The maximum atomic E-state index is 10.4. The van der Waals surface area contributed by atoms with Crippen LogP contribution in [0.15, 0.2) is 0 Å². The molecule has 125 valence electrons. The van der Waals surface area contributed by atoms with E-state index in [2.05, 4.69) is 2.81 Å². The summed E-state index contributed by atoms with van der Waals surface area (Å²) in [6.07, 6.45) is 1.21. The van der Waals surface area contributed by atoms with Gasteiger partial charge in [0.15, 0.2) is 0 Å². The summed E-state index contributed by atoms with van der Waals surface area (Å²) < 4.78 is 4.63. The van der Waals surface area contributed by atoms with Gasteiger partial charge in [0.25, 0.3) is 0 Å². The van der Waals surface area contributed by atoms with Gasteiger partial charge in [0.2, 0.25) is 0 Å². The first kappa shape index (κ1) is 26.0. The average molecular weight is 395 g/mol. The summed E-state index contributed by atoms with van der Waals surface area (Å²) in [7, 11) is 0. The average Bonchev–Trinajstić information content (AvgIpc) is 2.38. The summed E-state index contributed by atoms with van der Waals surface area (Å²) in [6.45, 7) is 6.49. The van der Waals surface area contributed by atoms with Gasteiger partial charge in [-0.2, -0.15) is 0 Å². The number of Topliss-reactive ketones (excluding diaryl/α,β-unsaturated/α-hetero) is 2. The zero-order chi connectivity index (χ0) is 18.0. The van der Waals surface area contributed by atoms with Gasteiger partial charge in [0.1, 0.15) is 11.6 Å². The van der Waals surface area contributed by atoms with Crippen molar-refractivity contribution in [2.75, 3.05) is 6.61 Å². The number of ketones is 2. The Balaban J connectivity index is -0.000000266. The van der Waals surface area contributed by atoms with Crippen LogP contribution in [0.2, 0.25) is 0 Å². The van der Waals surface area contributed by atoms with Crippen molar-refractivity contribution in [1.82, 2.24) is 0 Å². The van der Waals surface area contributed by atoms with Crippen molar-refractivity contribution in [3.05, 3.63) is 0 Å². The summed E-state index contributed by atoms with van der Waals surface area (Å²) in [5, 5.41) is 19.5. The summed E-state index contributed by atoms with van der Waals surface area (Å²) in [5.74, 6) is -3.07. The van der Waals surface area contributed by atoms with Gasteiger partial charge >= 0.3 is 41.5 Å². The van der Waals surface area contributed by atoms with E-state index >= 15 is 0 Å². The molecule has 0 rings (SSSR count). The van der Waals surface area contributed by atoms with E-state index in [1.807, 2.05) is 20.8 Å². The van der Waals surface area contributed by atoms with E-state index in [4.69, 9.17) is 0 Å². The van der Waals surface area contributed by atoms with Crippen molar-refractivity contribution in [1.29, 1.82) is 0 Å². The van der Waals surface area contributed by atoms with Gasteiger partial charge in [-0.25, -0.2) is 0 Å². The zero-order valence-corrected chi connectivity index (χ0v) is 15.8. The molecule has 0 saturated heterocycles. The van der Waals surface area contributed by atoms with Crippen LogP contribution in [0.25, 0.3) is 0 Å². The van der Waals surface area contributed by atoms with Crippen LogP contribution in [0, 0.1) is 0 Å². The molecule has 0 amide bonds. The SMILES string of the molecule is CCCC(=O)CC(=O)[O-].CCCC(=O)CC(=O)[O-].CC[O][Zr+2]. The van der Waals surface area contributed by atoms with Crippen molar-refractivity contribution >= 4 is 23.5 Å². The fourth-order valence-electron chi connectivity index (χ4n) is 1.06. The van der Waals surface area contributed by atoms with Crippen molar-refractivity contribution in [2.24, 2.45) is 0 Å². The molecule has 7 nitrogen and oxygen atoms in total. The number of rotatable bonds is 9. The fourth-order valence-corrected chi connectivity index (χ4v) is 1.06. The predicted molar refractivity (Wildman–Crippen MR) is 70.7 cm³/mol. The van der Waals surface area contributed by atoms with Crippen LogP contribution in [0.1, 0.15) is 59.3 Å². The monoisotopic (exact) mass is 393 g/mol. The molecule has 22 heavy (non-hydrogen) atoms. The molecular formula is C14H23O7Zr. The number of aliphatic carboxylic acids is 2. The molecule has 0 spiro atoms. The quantitative estimate of drug-likeness (QED) is 0.482. The van der Waals surface area contributed by atoms with Gasteiger partial charge in [0.05, 0.1) is 0 Å². The van der Waals surface area contributed by atoms with Crippen LogP contribution in [0.4, 0.5) is 0 Å². The third-order valence-corrected chi connectivity index (χ3v) is 2.59. The molecule has 8 heteroatoms. The molecule has 0 atom stereocenters. The molecule has 0 radical (unpaired) electrons. The Morgan fingerprint density at radius 2 is 1.09 bits per heavy atom. The Labute approximate surface area is 146 Å². The van der Waals surface area contributed by atoms with E-state index < -0.39 is 24.8 Å². The van der Waals surface area contributed by atoms with E-state index in [0.29, 0.717) is 25.7 Å². The van der Waals surface area contributed by atoms with Crippen molar-refractivity contribution in [3.8, 4) is 0 Å². The number of carboxylic acid groups (broad SMARTS) is 2. The molecule has 0 saturated carbocycles. The van der Waals surface area contributed by atoms with E-state index in [0.717, 1.165) is 6.61 Å². The molecule has 0 aromatic heterocycles. The second kappa shape index (κ2) is 20.1. The molecule has 0 unspecified atom stereocenters. The summed E-state index contributed by atoms with van der Waals surface area (Å²) in [5.41, 5.74) is 0. The summed E-state index contributed by atoms with van der Waals surface area (Å²) >= 11 is 1.17. The molecule has 0 N–H and O–H groups in total. The first-order chi connectivity index (χ1) is 10.2. The molecule has 0 aliphatic heterocycles. The molecule has 0 fully saturated rings. The molecule has 0 aromatic carbocycles. The van der Waals surface area contributed by atoms with Gasteiger partial charge in [-0.1, -0.05) is 13.8 Å². The summed E-state index contributed by atoms with van der Waals surface area (Å²) in [6, 6.07) is 0. The number of carbonyl (C=O) groups is 4.